The van der Waals surface area contributed by atoms with E-state index in [9.17, 15) is 0 Å². The molecule has 0 aromatic rings. The molecule has 0 aliphatic carbocycles. The second-order valence-electron chi connectivity index (χ2n) is 4.88. The van der Waals surface area contributed by atoms with Crippen molar-refractivity contribution >= 4 is 29.9 Å². The number of likely N-dealkylation sites (tertiary alicyclic amines) is 1. The van der Waals surface area contributed by atoms with Crippen LogP contribution in [0.3, 0.4) is 0 Å². The van der Waals surface area contributed by atoms with E-state index in [4.69, 9.17) is 0 Å². The monoisotopic (exact) mass is 382 g/mol. The Balaban J connectivity index is 0.00000324. The van der Waals surface area contributed by atoms with Crippen molar-refractivity contribution in [2.24, 2.45) is 4.99 Å². The first-order valence-electron chi connectivity index (χ1n) is 7.58. The zero-order chi connectivity index (χ0) is 13.2. The number of guanidine groups is 1. The van der Waals surface area contributed by atoms with Crippen LogP contribution in [0.25, 0.3) is 0 Å². The Bertz CT molecular complexity index is 238. The molecule has 0 saturated carbocycles. The van der Waals surface area contributed by atoms with Crippen LogP contribution in [-0.4, -0.2) is 49.6 Å². The van der Waals surface area contributed by atoms with Crippen molar-refractivity contribution in [1.29, 1.82) is 0 Å². The molecule has 0 radical (unpaired) electrons. The molecule has 1 aliphatic heterocycles. The largest absolute Gasteiger partial charge is 0.357 e. The molecule has 1 saturated heterocycles. The van der Waals surface area contributed by atoms with Crippen molar-refractivity contribution in [3.05, 3.63) is 0 Å². The van der Waals surface area contributed by atoms with Gasteiger partial charge in [0, 0.05) is 25.7 Å². The molecule has 5 heteroatoms. The number of nitrogens with one attached hydrogen (secondary N) is 2. The van der Waals surface area contributed by atoms with Gasteiger partial charge in [0.25, 0.3) is 0 Å². The normalized spacial score (nSPS) is 19.4. The van der Waals surface area contributed by atoms with Crippen molar-refractivity contribution in [2.45, 2.75) is 52.5 Å². The molecule has 114 valence electrons. The van der Waals surface area contributed by atoms with E-state index in [0.29, 0.717) is 0 Å². The lowest BCUT2D eigenvalue weighted by Gasteiger charge is -2.34. The number of hydrogen-bond donors (Lipinski definition) is 2. The molecule has 0 aromatic heterocycles. The van der Waals surface area contributed by atoms with Gasteiger partial charge in [-0.3, -0.25) is 9.89 Å². The molecule has 0 bridgehead atoms. The average Bonchev–Trinajstić information content (AvgIpc) is 2.40. The van der Waals surface area contributed by atoms with Crippen LogP contribution in [0.1, 0.15) is 46.5 Å². The summed E-state index contributed by atoms with van der Waals surface area (Å²) in [7, 11) is 0. The lowest BCUT2D eigenvalue weighted by atomic mass is 10.0. The van der Waals surface area contributed by atoms with Crippen molar-refractivity contribution in [1.82, 2.24) is 15.5 Å². The Kier molecular flexibility index (Phi) is 11.7. The summed E-state index contributed by atoms with van der Waals surface area (Å²) in [6, 6.07) is 0.788. The summed E-state index contributed by atoms with van der Waals surface area (Å²) in [4.78, 5) is 7.23. The Hall–Kier alpha value is -0.0400. The van der Waals surface area contributed by atoms with Gasteiger partial charge < -0.3 is 10.6 Å². The molecule has 0 amide bonds. The van der Waals surface area contributed by atoms with E-state index in [2.05, 4.69) is 41.3 Å². The van der Waals surface area contributed by atoms with Gasteiger partial charge in [-0.15, -0.1) is 24.0 Å². The highest BCUT2D eigenvalue weighted by molar-refractivity contribution is 14.0. The molecular formula is C14H31IN4. The molecule has 4 nitrogen and oxygen atoms in total. The topological polar surface area (TPSA) is 39.7 Å². The molecular weight excluding hydrogens is 351 g/mol. The minimum atomic E-state index is 0. The van der Waals surface area contributed by atoms with Crippen molar-refractivity contribution in [2.75, 3.05) is 32.7 Å². The highest BCUT2D eigenvalue weighted by Crippen LogP contribution is 2.18. The molecule has 1 fully saturated rings. The van der Waals surface area contributed by atoms with Crippen LogP contribution >= 0.6 is 24.0 Å². The fraction of sp³-hybridized carbons (Fsp3) is 0.929. The minimum absolute atomic E-state index is 0. The van der Waals surface area contributed by atoms with Crippen LogP contribution in [0.2, 0.25) is 0 Å². The smallest absolute Gasteiger partial charge is 0.191 e. The molecule has 1 unspecified atom stereocenters. The Labute approximate surface area is 135 Å². The lowest BCUT2D eigenvalue weighted by molar-refractivity contribution is 0.148. The number of halogens is 1. The number of rotatable bonds is 6. The summed E-state index contributed by atoms with van der Waals surface area (Å²) in [6.07, 6.45) is 5.40. The summed E-state index contributed by atoms with van der Waals surface area (Å²) in [5.74, 6) is 0.949. The van der Waals surface area contributed by atoms with E-state index in [1.807, 2.05) is 0 Å². The third-order valence-corrected chi connectivity index (χ3v) is 3.57. The highest BCUT2D eigenvalue weighted by Gasteiger charge is 2.19. The molecule has 1 rings (SSSR count). The summed E-state index contributed by atoms with van der Waals surface area (Å²) >= 11 is 0. The maximum absolute atomic E-state index is 4.62. The van der Waals surface area contributed by atoms with Crippen LogP contribution in [0.4, 0.5) is 0 Å². The zero-order valence-electron chi connectivity index (χ0n) is 12.7. The van der Waals surface area contributed by atoms with E-state index in [0.717, 1.165) is 38.2 Å². The van der Waals surface area contributed by atoms with Gasteiger partial charge in [0.1, 0.15) is 0 Å². The summed E-state index contributed by atoms with van der Waals surface area (Å²) in [6.45, 7) is 11.6. The maximum atomic E-state index is 4.62. The molecule has 2 N–H and O–H groups in total. The van der Waals surface area contributed by atoms with Gasteiger partial charge in [0.05, 0.1) is 6.54 Å². The number of aliphatic imine (C=N–C) groups is 1. The van der Waals surface area contributed by atoms with Crippen molar-refractivity contribution in [3.63, 3.8) is 0 Å². The van der Waals surface area contributed by atoms with Gasteiger partial charge in [-0.1, -0.05) is 13.3 Å². The van der Waals surface area contributed by atoms with Gasteiger partial charge in [-0.25, -0.2) is 0 Å². The highest BCUT2D eigenvalue weighted by atomic mass is 127. The zero-order valence-corrected chi connectivity index (χ0v) is 15.1. The fourth-order valence-corrected chi connectivity index (χ4v) is 2.62. The predicted molar refractivity (Wildman–Crippen MR) is 94.6 cm³/mol. The van der Waals surface area contributed by atoms with Crippen LogP contribution in [0.5, 0.6) is 0 Å². The molecule has 1 atom stereocenters. The molecule has 19 heavy (non-hydrogen) atoms. The van der Waals surface area contributed by atoms with Crippen molar-refractivity contribution < 1.29 is 0 Å². The van der Waals surface area contributed by atoms with Crippen LogP contribution < -0.4 is 10.6 Å². The second-order valence-corrected chi connectivity index (χ2v) is 4.88. The van der Waals surface area contributed by atoms with E-state index < -0.39 is 0 Å². The third kappa shape index (κ3) is 7.34. The van der Waals surface area contributed by atoms with Gasteiger partial charge >= 0.3 is 0 Å². The van der Waals surface area contributed by atoms with Gasteiger partial charge in [0.2, 0.25) is 0 Å². The van der Waals surface area contributed by atoms with Gasteiger partial charge in [-0.2, -0.15) is 0 Å². The predicted octanol–water partition coefficient (Wildman–Crippen LogP) is 2.44. The summed E-state index contributed by atoms with van der Waals surface area (Å²) in [5.41, 5.74) is 0. The molecule has 1 aliphatic rings. The van der Waals surface area contributed by atoms with Crippen LogP contribution in [0.15, 0.2) is 4.99 Å². The van der Waals surface area contributed by atoms with Gasteiger partial charge in [-0.05, 0) is 39.7 Å². The Morgan fingerprint density at radius 1 is 1.16 bits per heavy atom. The Morgan fingerprint density at radius 2 is 1.84 bits per heavy atom. The van der Waals surface area contributed by atoms with Crippen LogP contribution in [0, 0.1) is 0 Å². The van der Waals surface area contributed by atoms with E-state index in [1.54, 1.807) is 0 Å². The Morgan fingerprint density at radius 3 is 2.42 bits per heavy atom. The summed E-state index contributed by atoms with van der Waals surface area (Å²) in [5, 5.41) is 6.53. The average molecular weight is 382 g/mol. The first-order chi connectivity index (χ1) is 8.81. The van der Waals surface area contributed by atoms with Crippen LogP contribution in [-0.2, 0) is 0 Å². The van der Waals surface area contributed by atoms with E-state index >= 15 is 0 Å². The maximum Gasteiger partial charge on any atom is 0.191 e. The molecule has 0 spiro atoms. The first kappa shape index (κ1) is 19.0. The lowest BCUT2D eigenvalue weighted by Crippen LogP contribution is -2.41. The molecule has 0 aromatic carbocycles. The van der Waals surface area contributed by atoms with E-state index in [1.165, 1.54) is 32.2 Å². The van der Waals surface area contributed by atoms with Crippen molar-refractivity contribution in [3.8, 4) is 0 Å². The number of hydrogen-bond acceptors (Lipinski definition) is 2. The number of nitrogens with zero attached hydrogens (tertiary/aromatic N) is 2. The quantitative estimate of drug-likeness (QED) is 0.421. The SMILES string of the molecule is CCNC(=NCCN1CCCCC1CC)NCC.I. The second kappa shape index (κ2) is 11.8. The molecule has 1 heterocycles. The first-order valence-corrected chi connectivity index (χ1v) is 7.58. The van der Waals surface area contributed by atoms with Gasteiger partial charge in [0.15, 0.2) is 5.96 Å². The minimum Gasteiger partial charge on any atom is -0.357 e. The summed E-state index contributed by atoms with van der Waals surface area (Å²) < 4.78 is 0. The standard InChI is InChI=1S/C14H30N4.HI/c1-4-13-9-7-8-11-18(13)12-10-17-14(15-5-2)16-6-3;/h13H,4-12H2,1-3H3,(H2,15,16,17);1H. The third-order valence-electron chi connectivity index (χ3n) is 3.57. The number of piperidine rings is 1. The fourth-order valence-electron chi connectivity index (χ4n) is 2.62. The van der Waals surface area contributed by atoms with E-state index in [-0.39, 0.29) is 24.0 Å².